The van der Waals surface area contributed by atoms with Crippen molar-refractivity contribution in [2.45, 2.75) is 17.9 Å². The third-order valence-electron chi connectivity index (χ3n) is 1.79. The minimum atomic E-state index is -3.62. The predicted octanol–water partition coefficient (Wildman–Crippen LogP) is 0.569. The van der Waals surface area contributed by atoms with E-state index in [4.69, 9.17) is 12.2 Å². The maximum Gasteiger partial charge on any atom is 0.243 e. The largest absolute Gasteiger partial charge is 0.398 e. The zero-order chi connectivity index (χ0) is 11.5. The van der Waals surface area contributed by atoms with Crippen molar-refractivity contribution in [2.75, 3.05) is 5.73 Å². The van der Waals surface area contributed by atoms with Gasteiger partial charge in [0.1, 0.15) is 4.90 Å². The molecule has 0 aliphatic heterocycles. The molecule has 1 atom stereocenters. The lowest BCUT2D eigenvalue weighted by Gasteiger charge is -2.10. The fourth-order valence-electron chi connectivity index (χ4n) is 1.06. The molecular weight excluding hydrogens is 212 g/mol. The van der Waals surface area contributed by atoms with E-state index in [2.05, 4.69) is 10.6 Å². The van der Waals surface area contributed by atoms with E-state index in [1.807, 2.05) is 0 Å². The molecule has 0 aliphatic rings. The number of benzene rings is 1. The second-order valence-electron chi connectivity index (χ2n) is 3.05. The summed E-state index contributed by atoms with van der Waals surface area (Å²) in [5, 5.41) is 0. The number of nitrogen functional groups attached to an aromatic ring is 1. The van der Waals surface area contributed by atoms with E-state index >= 15 is 0 Å². The molecule has 0 amide bonds. The molecule has 0 aliphatic carbocycles. The van der Waals surface area contributed by atoms with Gasteiger partial charge in [-0.3, -0.25) is 0 Å². The van der Waals surface area contributed by atoms with Crippen LogP contribution in [0, 0.1) is 12.3 Å². The lowest BCUT2D eigenvalue weighted by Crippen LogP contribution is -2.31. The molecule has 0 bridgehead atoms. The zero-order valence-corrected chi connectivity index (χ0v) is 9.08. The summed E-state index contributed by atoms with van der Waals surface area (Å²) < 4.78 is 25.8. The van der Waals surface area contributed by atoms with Crippen LogP contribution in [0.1, 0.15) is 6.92 Å². The van der Waals surface area contributed by atoms with Crippen LogP contribution in [0.2, 0.25) is 0 Å². The molecule has 1 aromatic rings. The highest BCUT2D eigenvalue weighted by Gasteiger charge is 2.18. The molecule has 1 unspecified atom stereocenters. The van der Waals surface area contributed by atoms with Gasteiger partial charge in [-0.1, -0.05) is 18.1 Å². The number of rotatable bonds is 3. The highest BCUT2D eigenvalue weighted by atomic mass is 32.2. The molecule has 0 saturated carbocycles. The van der Waals surface area contributed by atoms with Gasteiger partial charge in [0.2, 0.25) is 10.0 Å². The van der Waals surface area contributed by atoms with Crippen LogP contribution in [-0.2, 0) is 10.0 Å². The summed E-state index contributed by atoms with van der Waals surface area (Å²) in [5.41, 5.74) is 5.76. The average Bonchev–Trinajstić information content (AvgIpc) is 2.17. The molecule has 15 heavy (non-hydrogen) atoms. The van der Waals surface area contributed by atoms with Crippen LogP contribution in [0.3, 0.4) is 0 Å². The summed E-state index contributed by atoms with van der Waals surface area (Å²) in [6.07, 6.45) is 5.09. The third kappa shape index (κ3) is 2.72. The fraction of sp³-hybridized carbons (Fsp3) is 0.200. The van der Waals surface area contributed by atoms with Crippen molar-refractivity contribution in [2.24, 2.45) is 0 Å². The Morgan fingerprint density at radius 1 is 1.47 bits per heavy atom. The first kappa shape index (κ1) is 11.6. The van der Waals surface area contributed by atoms with Crippen molar-refractivity contribution < 1.29 is 8.42 Å². The molecule has 0 radical (unpaired) electrons. The van der Waals surface area contributed by atoms with Crippen molar-refractivity contribution in [3.8, 4) is 12.3 Å². The lowest BCUT2D eigenvalue weighted by molar-refractivity contribution is 0.578. The summed E-state index contributed by atoms with van der Waals surface area (Å²) >= 11 is 0. The number of hydrogen-bond acceptors (Lipinski definition) is 3. The Bertz CT molecular complexity index is 488. The molecular formula is C10H12N2O2S. The molecule has 0 fully saturated rings. The van der Waals surface area contributed by atoms with E-state index in [0.717, 1.165) is 0 Å². The molecule has 5 heteroatoms. The molecule has 0 spiro atoms. The second kappa shape index (κ2) is 4.34. The predicted molar refractivity (Wildman–Crippen MR) is 59.5 cm³/mol. The Labute approximate surface area is 89.5 Å². The third-order valence-corrected chi connectivity index (χ3v) is 3.41. The van der Waals surface area contributed by atoms with Crippen molar-refractivity contribution in [3.05, 3.63) is 24.3 Å². The monoisotopic (exact) mass is 224 g/mol. The average molecular weight is 224 g/mol. The summed E-state index contributed by atoms with van der Waals surface area (Å²) in [5.74, 6) is 2.28. The topological polar surface area (TPSA) is 72.2 Å². The van der Waals surface area contributed by atoms with Gasteiger partial charge in [-0.2, -0.15) is 4.72 Å². The molecule has 0 heterocycles. The Morgan fingerprint density at radius 2 is 2.07 bits per heavy atom. The van der Waals surface area contributed by atoms with Crippen LogP contribution in [0.5, 0.6) is 0 Å². The number of nitrogens with one attached hydrogen (secondary N) is 1. The maximum atomic E-state index is 11.7. The first-order chi connectivity index (χ1) is 6.97. The Balaban J connectivity index is 3.09. The normalized spacial score (nSPS) is 13.1. The smallest absolute Gasteiger partial charge is 0.243 e. The molecule has 1 aromatic carbocycles. The van der Waals surface area contributed by atoms with Gasteiger partial charge in [-0.05, 0) is 19.1 Å². The van der Waals surface area contributed by atoms with Gasteiger partial charge < -0.3 is 5.73 Å². The molecule has 80 valence electrons. The fourth-order valence-corrected chi connectivity index (χ4v) is 2.35. The Kier molecular flexibility index (Phi) is 3.35. The molecule has 3 N–H and O–H groups in total. The maximum absolute atomic E-state index is 11.7. The van der Waals surface area contributed by atoms with Crippen LogP contribution >= 0.6 is 0 Å². The number of sulfonamides is 1. The minimum Gasteiger partial charge on any atom is -0.398 e. The van der Waals surface area contributed by atoms with Gasteiger partial charge in [0, 0.05) is 0 Å². The van der Waals surface area contributed by atoms with E-state index in [1.54, 1.807) is 19.1 Å². The number of para-hydroxylation sites is 1. The quantitative estimate of drug-likeness (QED) is 0.582. The van der Waals surface area contributed by atoms with Crippen LogP contribution in [0.4, 0.5) is 5.69 Å². The molecule has 1 rings (SSSR count). The van der Waals surface area contributed by atoms with Gasteiger partial charge in [-0.25, -0.2) is 8.42 Å². The summed E-state index contributed by atoms with van der Waals surface area (Å²) in [6, 6.07) is 5.66. The first-order valence-corrected chi connectivity index (χ1v) is 5.78. The SMILES string of the molecule is C#CC(C)NS(=O)(=O)c1ccccc1N. The Morgan fingerprint density at radius 3 is 2.60 bits per heavy atom. The Hall–Kier alpha value is -1.51. The molecule has 0 saturated heterocycles. The van der Waals surface area contributed by atoms with E-state index in [-0.39, 0.29) is 10.6 Å². The minimum absolute atomic E-state index is 0.0482. The zero-order valence-electron chi connectivity index (χ0n) is 8.27. The van der Waals surface area contributed by atoms with E-state index in [0.29, 0.717) is 0 Å². The number of nitrogens with two attached hydrogens (primary N) is 1. The number of anilines is 1. The van der Waals surface area contributed by atoms with Crippen molar-refractivity contribution >= 4 is 15.7 Å². The summed E-state index contributed by atoms with van der Waals surface area (Å²) in [7, 11) is -3.62. The van der Waals surface area contributed by atoms with Crippen LogP contribution < -0.4 is 10.5 Å². The standard InChI is InChI=1S/C10H12N2O2S/c1-3-8(2)12-15(13,14)10-7-5-4-6-9(10)11/h1,4-8,12H,11H2,2H3. The summed E-state index contributed by atoms with van der Waals surface area (Å²) in [6.45, 7) is 1.58. The number of terminal acetylenes is 1. The van der Waals surface area contributed by atoms with E-state index in [9.17, 15) is 8.42 Å². The van der Waals surface area contributed by atoms with Gasteiger partial charge in [0.15, 0.2) is 0 Å². The highest BCUT2D eigenvalue weighted by Crippen LogP contribution is 2.16. The van der Waals surface area contributed by atoms with Gasteiger partial charge in [0.05, 0.1) is 11.7 Å². The van der Waals surface area contributed by atoms with Crippen molar-refractivity contribution in [1.82, 2.24) is 4.72 Å². The first-order valence-electron chi connectivity index (χ1n) is 4.30. The van der Waals surface area contributed by atoms with Gasteiger partial charge >= 0.3 is 0 Å². The van der Waals surface area contributed by atoms with Crippen LogP contribution in [-0.4, -0.2) is 14.5 Å². The second-order valence-corrected chi connectivity index (χ2v) is 4.73. The van der Waals surface area contributed by atoms with Crippen LogP contribution in [0.15, 0.2) is 29.2 Å². The van der Waals surface area contributed by atoms with Crippen molar-refractivity contribution in [3.63, 3.8) is 0 Å². The van der Waals surface area contributed by atoms with E-state index in [1.165, 1.54) is 12.1 Å². The van der Waals surface area contributed by atoms with Gasteiger partial charge in [-0.15, -0.1) is 6.42 Å². The molecule has 0 aromatic heterocycles. The van der Waals surface area contributed by atoms with Gasteiger partial charge in [0.25, 0.3) is 0 Å². The number of hydrogen-bond donors (Lipinski definition) is 2. The molecule has 4 nitrogen and oxygen atoms in total. The lowest BCUT2D eigenvalue weighted by atomic mass is 10.3. The highest BCUT2D eigenvalue weighted by molar-refractivity contribution is 7.89. The summed E-state index contributed by atoms with van der Waals surface area (Å²) in [4.78, 5) is 0.0482. The van der Waals surface area contributed by atoms with Crippen molar-refractivity contribution in [1.29, 1.82) is 0 Å². The van der Waals surface area contributed by atoms with E-state index < -0.39 is 16.1 Å². The van der Waals surface area contributed by atoms with Crippen LogP contribution in [0.25, 0.3) is 0 Å².